The van der Waals surface area contributed by atoms with E-state index in [1.165, 1.54) is 11.1 Å². The van der Waals surface area contributed by atoms with E-state index in [-0.39, 0.29) is 0 Å². The predicted octanol–water partition coefficient (Wildman–Crippen LogP) is 4.61. The molecule has 7 nitrogen and oxygen atoms in total. The lowest BCUT2D eigenvalue weighted by atomic mass is 10.1. The second-order valence-electron chi connectivity index (χ2n) is 7.83. The van der Waals surface area contributed by atoms with Gasteiger partial charge in [0.25, 0.3) is 0 Å². The maximum Gasteiger partial charge on any atom is 0.411 e. The Morgan fingerprint density at radius 1 is 1.06 bits per heavy atom. The van der Waals surface area contributed by atoms with E-state index in [1.54, 1.807) is 16.8 Å². The summed E-state index contributed by atoms with van der Waals surface area (Å²) in [6.45, 7) is 5.24. The molecule has 1 aliphatic rings. The second-order valence-corrected chi connectivity index (χ2v) is 8.72. The number of piperazine rings is 1. The summed E-state index contributed by atoms with van der Waals surface area (Å²) in [7, 11) is 0. The van der Waals surface area contributed by atoms with Crippen LogP contribution < -0.4 is 10.2 Å². The smallest absolute Gasteiger partial charge is 0.411 e. The van der Waals surface area contributed by atoms with Crippen LogP contribution in [0.3, 0.4) is 0 Å². The number of benzene rings is 2. The molecule has 2 aromatic heterocycles. The van der Waals surface area contributed by atoms with Crippen LogP contribution in [0.5, 0.6) is 0 Å². The van der Waals surface area contributed by atoms with Crippen molar-refractivity contribution in [3.8, 4) is 0 Å². The lowest BCUT2D eigenvalue weighted by Crippen LogP contribution is -2.46. The van der Waals surface area contributed by atoms with Gasteiger partial charge in [0.15, 0.2) is 0 Å². The van der Waals surface area contributed by atoms with Gasteiger partial charge in [-0.25, -0.2) is 9.78 Å². The molecule has 0 unspecified atom stereocenters. The van der Waals surface area contributed by atoms with Crippen LogP contribution in [0.2, 0.25) is 0 Å². The number of nitrogens with one attached hydrogen (secondary N) is 1. The standard InChI is InChI=1S/C24H25N5O2S/c30-24(27-19-7-8-20-22(16-19)32-17-26-20)31-15-3-10-28-11-13-29(14-12-28)21-6-1-4-18-5-2-9-25-23(18)21/h1-2,4-9,16-17H,3,10-15H2,(H,27,30). The van der Waals surface area contributed by atoms with E-state index in [9.17, 15) is 4.79 Å². The van der Waals surface area contributed by atoms with Crippen LogP contribution >= 0.6 is 11.3 Å². The molecule has 1 N–H and O–H groups in total. The van der Waals surface area contributed by atoms with Gasteiger partial charge < -0.3 is 9.64 Å². The molecule has 1 aliphatic heterocycles. The number of carbonyl (C=O) groups is 1. The number of thiazole rings is 1. The van der Waals surface area contributed by atoms with Crippen LogP contribution in [0.1, 0.15) is 6.42 Å². The van der Waals surface area contributed by atoms with Crippen molar-refractivity contribution >= 4 is 49.9 Å². The van der Waals surface area contributed by atoms with Crippen molar-refractivity contribution in [1.82, 2.24) is 14.9 Å². The van der Waals surface area contributed by atoms with Crippen molar-refractivity contribution in [1.29, 1.82) is 0 Å². The minimum absolute atomic E-state index is 0.405. The van der Waals surface area contributed by atoms with Crippen LogP contribution in [0.25, 0.3) is 21.1 Å². The molecule has 0 bridgehead atoms. The average Bonchev–Trinajstić information content (AvgIpc) is 3.30. The number of carbonyl (C=O) groups excluding carboxylic acids is 1. The topological polar surface area (TPSA) is 70.6 Å². The summed E-state index contributed by atoms with van der Waals surface area (Å²) in [4.78, 5) is 25.7. The van der Waals surface area contributed by atoms with Crippen molar-refractivity contribution in [2.24, 2.45) is 0 Å². The first-order chi connectivity index (χ1) is 15.8. The fourth-order valence-corrected chi connectivity index (χ4v) is 4.81. The Kier molecular flexibility index (Phi) is 6.13. The van der Waals surface area contributed by atoms with E-state index in [2.05, 4.69) is 49.4 Å². The predicted molar refractivity (Wildman–Crippen MR) is 130 cm³/mol. The molecule has 5 rings (SSSR count). The van der Waals surface area contributed by atoms with Crippen LogP contribution in [0.15, 0.2) is 60.2 Å². The zero-order valence-electron chi connectivity index (χ0n) is 17.7. The number of fused-ring (bicyclic) bond motifs is 2. The Balaban J connectivity index is 1.04. The molecule has 4 aromatic rings. The monoisotopic (exact) mass is 447 g/mol. The number of ether oxygens (including phenoxy) is 1. The lowest BCUT2D eigenvalue weighted by Gasteiger charge is -2.36. The zero-order valence-corrected chi connectivity index (χ0v) is 18.6. The lowest BCUT2D eigenvalue weighted by molar-refractivity contribution is 0.151. The molecule has 164 valence electrons. The van der Waals surface area contributed by atoms with Crippen LogP contribution in [0.4, 0.5) is 16.2 Å². The maximum atomic E-state index is 12.1. The summed E-state index contributed by atoms with van der Waals surface area (Å²) in [6.07, 6.45) is 2.26. The summed E-state index contributed by atoms with van der Waals surface area (Å²) < 4.78 is 6.40. The largest absolute Gasteiger partial charge is 0.449 e. The number of aromatic nitrogens is 2. The van der Waals surface area contributed by atoms with Gasteiger partial charge in [-0.3, -0.25) is 15.2 Å². The maximum absolute atomic E-state index is 12.1. The fraction of sp³-hybridized carbons (Fsp3) is 0.292. The van der Waals surface area contributed by atoms with Gasteiger partial charge in [0.2, 0.25) is 0 Å². The van der Waals surface area contributed by atoms with Gasteiger partial charge in [0, 0.05) is 50.0 Å². The summed E-state index contributed by atoms with van der Waals surface area (Å²) >= 11 is 1.55. The number of anilines is 2. The molecule has 3 heterocycles. The van der Waals surface area contributed by atoms with Crippen LogP contribution in [-0.2, 0) is 4.74 Å². The number of pyridine rings is 1. The molecule has 0 radical (unpaired) electrons. The van der Waals surface area contributed by atoms with Crippen molar-refractivity contribution in [2.75, 3.05) is 49.5 Å². The van der Waals surface area contributed by atoms with Gasteiger partial charge in [0.05, 0.1) is 33.5 Å². The number of hydrogen-bond donors (Lipinski definition) is 1. The minimum Gasteiger partial charge on any atom is -0.449 e. The van der Waals surface area contributed by atoms with Crippen molar-refractivity contribution < 1.29 is 9.53 Å². The van der Waals surface area contributed by atoms with E-state index in [0.29, 0.717) is 6.61 Å². The highest BCUT2D eigenvalue weighted by Gasteiger charge is 2.19. The summed E-state index contributed by atoms with van der Waals surface area (Å²) in [5.41, 5.74) is 5.74. The first kappa shape index (κ1) is 20.7. The molecule has 1 saturated heterocycles. The third-order valence-electron chi connectivity index (χ3n) is 5.75. The molecule has 1 fully saturated rings. The SMILES string of the molecule is O=C(Nc1ccc2ncsc2c1)OCCCN1CCN(c2cccc3cccnc23)CC1. The first-order valence-corrected chi connectivity index (χ1v) is 11.7. The Labute approximate surface area is 190 Å². The van der Waals surface area contributed by atoms with Gasteiger partial charge in [-0.05, 0) is 36.8 Å². The number of rotatable bonds is 6. The molecule has 1 amide bonds. The molecule has 8 heteroatoms. The Morgan fingerprint density at radius 3 is 2.84 bits per heavy atom. The number of amides is 1. The van der Waals surface area contributed by atoms with E-state index in [1.807, 2.05) is 30.5 Å². The van der Waals surface area contributed by atoms with Gasteiger partial charge in [0.1, 0.15) is 0 Å². The van der Waals surface area contributed by atoms with E-state index in [4.69, 9.17) is 4.74 Å². The molecule has 0 saturated carbocycles. The highest BCUT2D eigenvalue weighted by Crippen LogP contribution is 2.26. The van der Waals surface area contributed by atoms with Crippen LogP contribution in [0, 0.1) is 0 Å². The highest BCUT2D eigenvalue weighted by molar-refractivity contribution is 7.16. The van der Waals surface area contributed by atoms with E-state index in [0.717, 1.165) is 60.6 Å². The minimum atomic E-state index is -0.415. The summed E-state index contributed by atoms with van der Waals surface area (Å²) in [5.74, 6) is 0. The Hall–Kier alpha value is -3.23. The summed E-state index contributed by atoms with van der Waals surface area (Å²) in [6, 6.07) is 16.1. The molecular formula is C24H25N5O2S. The van der Waals surface area contributed by atoms with Gasteiger partial charge in [-0.2, -0.15) is 0 Å². The molecule has 32 heavy (non-hydrogen) atoms. The van der Waals surface area contributed by atoms with Crippen LogP contribution in [-0.4, -0.2) is 60.3 Å². The molecular weight excluding hydrogens is 422 g/mol. The second kappa shape index (κ2) is 9.50. The van der Waals surface area contributed by atoms with Crippen molar-refractivity contribution in [2.45, 2.75) is 6.42 Å². The highest BCUT2D eigenvalue weighted by atomic mass is 32.1. The van der Waals surface area contributed by atoms with Crippen molar-refractivity contribution in [3.63, 3.8) is 0 Å². The normalized spacial score (nSPS) is 14.7. The average molecular weight is 448 g/mol. The van der Waals surface area contributed by atoms with Gasteiger partial charge in [-0.1, -0.05) is 18.2 Å². The quantitative estimate of drug-likeness (QED) is 0.436. The number of para-hydroxylation sites is 1. The Bertz CT molecular complexity index is 1210. The first-order valence-electron chi connectivity index (χ1n) is 10.8. The fourth-order valence-electron chi connectivity index (χ4n) is 4.10. The number of nitrogens with zero attached hydrogens (tertiary/aromatic N) is 4. The zero-order chi connectivity index (χ0) is 21.8. The number of hydrogen-bond acceptors (Lipinski definition) is 7. The third-order valence-corrected chi connectivity index (χ3v) is 6.55. The molecule has 0 spiro atoms. The van der Waals surface area contributed by atoms with Gasteiger partial charge in [-0.15, -0.1) is 11.3 Å². The molecule has 0 aliphatic carbocycles. The Morgan fingerprint density at radius 2 is 1.94 bits per heavy atom. The van der Waals surface area contributed by atoms with E-state index < -0.39 is 6.09 Å². The third kappa shape index (κ3) is 4.66. The van der Waals surface area contributed by atoms with Gasteiger partial charge >= 0.3 is 6.09 Å². The summed E-state index contributed by atoms with van der Waals surface area (Å²) in [5, 5.41) is 3.97. The van der Waals surface area contributed by atoms with Crippen molar-refractivity contribution in [3.05, 3.63) is 60.2 Å². The van der Waals surface area contributed by atoms with E-state index >= 15 is 0 Å². The molecule has 2 aromatic carbocycles. The molecule has 0 atom stereocenters.